The smallest absolute Gasteiger partial charge is 0.0475 e. The van der Waals surface area contributed by atoms with Crippen LogP contribution >= 0.6 is 0 Å². The van der Waals surface area contributed by atoms with Crippen LogP contribution in [0.5, 0.6) is 0 Å². The van der Waals surface area contributed by atoms with Crippen molar-refractivity contribution >= 4 is 0 Å². The van der Waals surface area contributed by atoms with Crippen molar-refractivity contribution in [3.63, 3.8) is 0 Å². The minimum Gasteiger partial charge on any atom is -0.309 e. The fourth-order valence-electron chi connectivity index (χ4n) is 3.07. The highest BCUT2D eigenvalue weighted by atomic mass is 15.2. The van der Waals surface area contributed by atoms with Gasteiger partial charge >= 0.3 is 0 Å². The third kappa shape index (κ3) is 5.12. The van der Waals surface area contributed by atoms with Crippen molar-refractivity contribution in [2.24, 2.45) is 0 Å². The van der Waals surface area contributed by atoms with Crippen LogP contribution in [0.15, 0.2) is 24.3 Å². The molecule has 2 nitrogen and oxygen atoms in total. The Morgan fingerprint density at radius 2 is 1.62 bits per heavy atom. The molecule has 0 aliphatic heterocycles. The Morgan fingerprint density at radius 1 is 1.05 bits per heavy atom. The van der Waals surface area contributed by atoms with Gasteiger partial charge in [0.15, 0.2) is 0 Å². The summed E-state index contributed by atoms with van der Waals surface area (Å²) in [5, 5.41) is 3.75. The molecule has 0 bridgehead atoms. The fourth-order valence-corrected chi connectivity index (χ4v) is 3.07. The SMILES string of the molecule is CCCNC(c1ccc(C)cc1)C(C)N(C)C(CC)CC. The summed E-state index contributed by atoms with van der Waals surface area (Å²) >= 11 is 0. The number of aryl methyl sites for hydroxylation is 1. The number of hydrogen-bond acceptors (Lipinski definition) is 2. The van der Waals surface area contributed by atoms with E-state index < -0.39 is 0 Å². The first-order chi connectivity index (χ1) is 10.0. The van der Waals surface area contributed by atoms with E-state index in [1.54, 1.807) is 0 Å². The zero-order chi connectivity index (χ0) is 15.8. The molecule has 0 radical (unpaired) electrons. The fraction of sp³-hybridized carbons (Fsp3) is 0.684. The van der Waals surface area contributed by atoms with E-state index in [1.807, 2.05) is 0 Å². The Labute approximate surface area is 131 Å². The highest BCUT2D eigenvalue weighted by molar-refractivity contribution is 5.25. The second-order valence-electron chi connectivity index (χ2n) is 6.22. The molecule has 0 saturated heterocycles. The zero-order valence-electron chi connectivity index (χ0n) is 14.8. The van der Waals surface area contributed by atoms with Crippen LogP contribution in [0, 0.1) is 6.92 Å². The van der Waals surface area contributed by atoms with Gasteiger partial charge < -0.3 is 5.32 Å². The molecular formula is C19H34N2. The van der Waals surface area contributed by atoms with E-state index in [-0.39, 0.29) is 0 Å². The lowest BCUT2D eigenvalue weighted by molar-refractivity contribution is 0.141. The molecule has 1 rings (SSSR count). The van der Waals surface area contributed by atoms with Gasteiger partial charge in [0.05, 0.1) is 0 Å². The van der Waals surface area contributed by atoms with E-state index in [0.717, 1.165) is 6.54 Å². The molecule has 2 atom stereocenters. The molecule has 0 amide bonds. The lowest BCUT2D eigenvalue weighted by atomic mass is 9.96. The summed E-state index contributed by atoms with van der Waals surface area (Å²) in [4.78, 5) is 2.55. The maximum Gasteiger partial charge on any atom is 0.0475 e. The molecule has 0 fully saturated rings. The Bertz CT molecular complexity index is 381. The number of rotatable bonds is 9. The maximum atomic E-state index is 3.75. The average molecular weight is 290 g/mol. The first kappa shape index (κ1) is 18.2. The van der Waals surface area contributed by atoms with Crippen LogP contribution < -0.4 is 5.32 Å². The predicted molar refractivity (Wildman–Crippen MR) is 93.8 cm³/mol. The quantitative estimate of drug-likeness (QED) is 0.718. The largest absolute Gasteiger partial charge is 0.309 e. The minimum absolute atomic E-state index is 0.399. The molecule has 2 unspecified atom stereocenters. The van der Waals surface area contributed by atoms with Crippen molar-refractivity contribution < 1.29 is 0 Å². The molecule has 0 saturated carbocycles. The Morgan fingerprint density at radius 3 is 2.10 bits per heavy atom. The van der Waals surface area contributed by atoms with Gasteiger partial charge in [0, 0.05) is 18.1 Å². The zero-order valence-corrected chi connectivity index (χ0v) is 14.8. The normalized spacial score (nSPS) is 14.7. The van der Waals surface area contributed by atoms with Crippen LogP contribution in [-0.4, -0.2) is 30.6 Å². The van der Waals surface area contributed by atoms with E-state index in [9.17, 15) is 0 Å². The lowest BCUT2D eigenvalue weighted by Gasteiger charge is -2.37. The van der Waals surface area contributed by atoms with Crippen LogP contribution in [0.3, 0.4) is 0 Å². The number of likely N-dealkylation sites (N-methyl/N-ethyl adjacent to an activating group) is 1. The van der Waals surface area contributed by atoms with E-state index >= 15 is 0 Å². The molecule has 1 aromatic carbocycles. The lowest BCUT2D eigenvalue weighted by Crippen LogP contribution is -2.45. The molecule has 1 aromatic rings. The summed E-state index contributed by atoms with van der Waals surface area (Å²) in [7, 11) is 2.27. The second kappa shape index (κ2) is 9.22. The van der Waals surface area contributed by atoms with Gasteiger partial charge in [0.25, 0.3) is 0 Å². The van der Waals surface area contributed by atoms with Crippen molar-refractivity contribution in [3.05, 3.63) is 35.4 Å². The van der Waals surface area contributed by atoms with Crippen LogP contribution in [0.4, 0.5) is 0 Å². The van der Waals surface area contributed by atoms with E-state index in [0.29, 0.717) is 18.1 Å². The summed E-state index contributed by atoms with van der Waals surface area (Å²) in [6.07, 6.45) is 3.60. The van der Waals surface area contributed by atoms with Gasteiger partial charge in [0.2, 0.25) is 0 Å². The molecule has 0 spiro atoms. The summed E-state index contributed by atoms with van der Waals surface area (Å²) in [6.45, 7) is 12.4. The third-order valence-corrected chi connectivity index (χ3v) is 4.69. The molecule has 2 heteroatoms. The molecule has 0 aliphatic carbocycles. The van der Waals surface area contributed by atoms with Gasteiger partial charge in [0.1, 0.15) is 0 Å². The highest BCUT2D eigenvalue weighted by Crippen LogP contribution is 2.23. The van der Waals surface area contributed by atoms with Gasteiger partial charge in [-0.05, 0) is 52.3 Å². The van der Waals surface area contributed by atoms with Gasteiger partial charge in [-0.1, -0.05) is 50.6 Å². The second-order valence-corrected chi connectivity index (χ2v) is 6.22. The summed E-state index contributed by atoms with van der Waals surface area (Å²) < 4.78 is 0. The molecule has 120 valence electrons. The monoisotopic (exact) mass is 290 g/mol. The van der Waals surface area contributed by atoms with Crippen molar-refractivity contribution in [1.29, 1.82) is 0 Å². The van der Waals surface area contributed by atoms with Crippen LogP contribution in [0.25, 0.3) is 0 Å². The molecule has 1 N–H and O–H groups in total. The number of benzene rings is 1. The predicted octanol–water partition coefficient (Wildman–Crippen LogP) is 4.54. The molecule has 0 heterocycles. The first-order valence-electron chi connectivity index (χ1n) is 8.56. The Balaban J connectivity index is 2.92. The molecule has 0 aromatic heterocycles. The third-order valence-electron chi connectivity index (χ3n) is 4.69. The van der Waals surface area contributed by atoms with Crippen molar-refractivity contribution in [3.8, 4) is 0 Å². The standard InChI is InChI=1S/C19H34N2/c1-7-14-20-19(17-12-10-15(4)11-13-17)16(5)21(6)18(8-2)9-3/h10-13,16,18-20H,7-9,14H2,1-6H3. The van der Waals surface area contributed by atoms with E-state index in [2.05, 4.69) is 76.1 Å². The number of hydrogen-bond donors (Lipinski definition) is 1. The van der Waals surface area contributed by atoms with Gasteiger partial charge in [-0.25, -0.2) is 0 Å². The van der Waals surface area contributed by atoms with Crippen molar-refractivity contribution in [2.75, 3.05) is 13.6 Å². The van der Waals surface area contributed by atoms with Crippen molar-refractivity contribution in [2.45, 2.75) is 72.0 Å². The molecule has 21 heavy (non-hydrogen) atoms. The first-order valence-corrected chi connectivity index (χ1v) is 8.56. The summed E-state index contributed by atoms with van der Waals surface area (Å²) in [5.41, 5.74) is 2.73. The van der Waals surface area contributed by atoms with Gasteiger partial charge in [-0.2, -0.15) is 0 Å². The summed E-state index contributed by atoms with van der Waals surface area (Å²) in [6, 6.07) is 10.6. The van der Waals surface area contributed by atoms with Gasteiger partial charge in [-0.15, -0.1) is 0 Å². The van der Waals surface area contributed by atoms with Crippen LogP contribution in [0.1, 0.15) is 64.1 Å². The van der Waals surface area contributed by atoms with Crippen molar-refractivity contribution in [1.82, 2.24) is 10.2 Å². The Kier molecular flexibility index (Phi) is 7.98. The number of nitrogens with one attached hydrogen (secondary N) is 1. The van der Waals surface area contributed by atoms with E-state index in [1.165, 1.54) is 30.4 Å². The van der Waals surface area contributed by atoms with Crippen LogP contribution in [-0.2, 0) is 0 Å². The maximum absolute atomic E-state index is 3.75. The van der Waals surface area contributed by atoms with Crippen LogP contribution in [0.2, 0.25) is 0 Å². The van der Waals surface area contributed by atoms with E-state index in [4.69, 9.17) is 0 Å². The molecular weight excluding hydrogens is 256 g/mol. The highest BCUT2D eigenvalue weighted by Gasteiger charge is 2.25. The topological polar surface area (TPSA) is 15.3 Å². The minimum atomic E-state index is 0.399. The van der Waals surface area contributed by atoms with Gasteiger partial charge in [-0.3, -0.25) is 4.90 Å². The Hall–Kier alpha value is -0.860. The average Bonchev–Trinajstić information content (AvgIpc) is 2.50. The summed E-state index contributed by atoms with van der Waals surface area (Å²) in [5.74, 6) is 0. The number of nitrogens with zero attached hydrogens (tertiary/aromatic N) is 1. The molecule has 0 aliphatic rings.